The topological polar surface area (TPSA) is 63.0 Å². The fourth-order valence-electron chi connectivity index (χ4n) is 9.64. The molecule has 0 amide bonds. The Morgan fingerprint density at radius 1 is 0.355 bits per heavy atom. The number of fused-ring (bicyclic) bond motifs is 12. The van der Waals surface area contributed by atoms with Gasteiger partial charge in [-0.15, -0.1) is 0 Å². The highest BCUT2D eigenvalue weighted by Gasteiger charge is 2.26. The number of hydrogen-bond donors (Lipinski definition) is 1. The minimum Gasteiger partial charge on any atom is -0.456 e. The van der Waals surface area contributed by atoms with Crippen molar-refractivity contribution >= 4 is 87.9 Å². The third kappa shape index (κ3) is 5.42. The maximum absolute atomic E-state index is 6.60. The third-order valence-electron chi connectivity index (χ3n) is 12.5. The van der Waals surface area contributed by atoms with Crippen LogP contribution in [0.15, 0.2) is 219 Å². The summed E-state index contributed by atoms with van der Waals surface area (Å²) >= 11 is 0. The summed E-state index contributed by atoms with van der Waals surface area (Å²) in [7, 11) is 0. The molecule has 0 fully saturated rings. The summed E-state index contributed by atoms with van der Waals surface area (Å²) in [5, 5.41) is 15.6. The zero-order chi connectivity index (χ0) is 40.7. The van der Waals surface area contributed by atoms with Crippen molar-refractivity contribution in [2.75, 3.05) is 0 Å². The van der Waals surface area contributed by atoms with Crippen LogP contribution in [0.5, 0.6) is 0 Å². The van der Waals surface area contributed by atoms with Crippen molar-refractivity contribution in [3.8, 4) is 22.3 Å². The smallest absolute Gasteiger partial charge is 0.159 e. The fraction of sp³-hybridized carbons (Fsp3) is 0.0175. The molecule has 0 spiro atoms. The summed E-state index contributed by atoms with van der Waals surface area (Å²) in [5.41, 5.74) is 10.7. The van der Waals surface area contributed by atoms with Crippen molar-refractivity contribution in [2.24, 2.45) is 9.98 Å². The number of nitrogens with one attached hydrogen (secondary N) is 1. The molecule has 1 N–H and O–H groups in total. The molecule has 1 aliphatic heterocycles. The van der Waals surface area contributed by atoms with Gasteiger partial charge in [0.15, 0.2) is 5.84 Å². The monoisotopic (exact) mass is 793 g/mol. The number of furan rings is 2. The lowest BCUT2D eigenvalue weighted by molar-refractivity contribution is 0.662. The molecule has 0 radical (unpaired) electrons. The highest BCUT2D eigenvalue weighted by molar-refractivity contribution is 6.26. The molecule has 0 saturated heterocycles. The zero-order valence-electron chi connectivity index (χ0n) is 33.3. The molecule has 3 heterocycles. The SMILES string of the molecule is c1ccc(C2=NC(c3ccc(-c4ccc5c6ccccc6c6ccccc6c5c4)cc3)=NC(c3cccc4oc5cccc(-c6ccc7c(c6)oc6ccccc67)c5c34)N2)cc1. The molecule has 0 aliphatic carbocycles. The molecule has 1 atom stereocenters. The Morgan fingerprint density at radius 2 is 0.903 bits per heavy atom. The van der Waals surface area contributed by atoms with Crippen LogP contribution >= 0.6 is 0 Å². The van der Waals surface area contributed by atoms with E-state index in [2.05, 4.69) is 163 Å². The average Bonchev–Trinajstić information content (AvgIpc) is 3.92. The van der Waals surface area contributed by atoms with E-state index in [-0.39, 0.29) is 0 Å². The summed E-state index contributed by atoms with van der Waals surface area (Å²) in [6.45, 7) is 0. The molecule has 0 saturated carbocycles. The molecule has 13 rings (SSSR count). The van der Waals surface area contributed by atoms with Crippen molar-refractivity contribution in [1.82, 2.24) is 5.32 Å². The average molecular weight is 794 g/mol. The van der Waals surface area contributed by atoms with Gasteiger partial charge in [-0.25, -0.2) is 9.98 Å². The van der Waals surface area contributed by atoms with Crippen molar-refractivity contribution < 1.29 is 8.83 Å². The molecule has 0 bridgehead atoms. The van der Waals surface area contributed by atoms with Gasteiger partial charge in [0.25, 0.3) is 0 Å². The molecule has 10 aromatic carbocycles. The van der Waals surface area contributed by atoms with Crippen LogP contribution < -0.4 is 5.32 Å². The van der Waals surface area contributed by atoms with Crippen LogP contribution in [0.3, 0.4) is 0 Å². The molecule has 5 nitrogen and oxygen atoms in total. The Kier molecular flexibility index (Phi) is 7.60. The lowest BCUT2D eigenvalue weighted by Gasteiger charge is -2.24. The highest BCUT2D eigenvalue weighted by atomic mass is 16.3. The van der Waals surface area contributed by atoms with Crippen LogP contribution in [0.25, 0.3) is 98.4 Å². The molecule has 2 aromatic heterocycles. The van der Waals surface area contributed by atoms with Gasteiger partial charge in [0.05, 0.1) is 0 Å². The summed E-state index contributed by atoms with van der Waals surface area (Å²) in [4.78, 5) is 10.5. The standard InChI is InChI=1S/C57H35N3O2/c1-2-12-35(13-3-1)55-58-56(36-26-24-34(25-27-36)37-28-30-44-42-16-5-4-14-40(42)41-15-6-7-17-43(41)48(44)32-37)60-57(59-55)47-20-11-23-51-54(47)53-39(19-10-22-50(53)62-51)38-29-31-46-45-18-8-9-21-49(45)61-52(46)33-38/h1-33,57H,(H,58,59,60). The summed E-state index contributed by atoms with van der Waals surface area (Å²) in [6, 6.07) is 70.4. The van der Waals surface area contributed by atoms with E-state index in [0.717, 1.165) is 88.7 Å². The Morgan fingerprint density at radius 3 is 1.68 bits per heavy atom. The molecule has 290 valence electrons. The lowest BCUT2D eigenvalue weighted by Crippen LogP contribution is -2.33. The summed E-state index contributed by atoms with van der Waals surface area (Å²) < 4.78 is 12.9. The van der Waals surface area contributed by atoms with Gasteiger partial charge >= 0.3 is 0 Å². The molecule has 12 aromatic rings. The zero-order valence-corrected chi connectivity index (χ0v) is 33.3. The fourth-order valence-corrected chi connectivity index (χ4v) is 9.64. The van der Waals surface area contributed by atoms with Gasteiger partial charge in [0.2, 0.25) is 0 Å². The quantitative estimate of drug-likeness (QED) is 0.177. The van der Waals surface area contributed by atoms with Crippen LogP contribution in [0.4, 0.5) is 0 Å². The first-order valence-electron chi connectivity index (χ1n) is 21.0. The van der Waals surface area contributed by atoms with E-state index in [0.29, 0.717) is 5.84 Å². The van der Waals surface area contributed by atoms with E-state index >= 15 is 0 Å². The van der Waals surface area contributed by atoms with Crippen molar-refractivity contribution in [3.63, 3.8) is 0 Å². The van der Waals surface area contributed by atoms with Gasteiger partial charge in [-0.1, -0.05) is 164 Å². The van der Waals surface area contributed by atoms with Gasteiger partial charge in [0.1, 0.15) is 34.3 Å². The van der Waals surface area contributed by atoms with E-state index in [1.807, 2.05) is 42.5 Å². The van der Waals surface area contributed by atoms with Gasteiger partial charge in [-0.2, -0.15) is 0 Å². The first-order valence-corrected chi connectivity index (χ1v) is 21.0. The number of benzene rings is 10. The van der Waals surface area contributed by atoms with Gasteiger partial charge in [0, 0.05) is 38.2 Å². The Balaban J connectivity index is 0.930. The molecule has 1 aliphatic rings. The predicted octanol–water partition coefficient (Wildman–Crippen LogP) is 14.8. The number of hydrogen-bond acceptors (Lipinski definition) is 5. The minimum atomic E-state index is -0.448. The van der Waals surface area contributed by atoms with E-state index in [1.165, 1.54) is 32.3 Å². The number of amidine groups is 2. The predicted molar refractivity (Wildman–Crippen MR) is 256 cm³/mol. The number of rotatable bonds is 5. The van der Waals surface area contributed by atoms with Crippen LogP contribution in [-0.2, 0) is 0 Å². The number of para-hydroxylation sites is 1. The minimum absolute atomic E-state index is 0.448. The lowest BCUT2D eigenvalue weighted by atomic mass is 9.92. The van der Waals surface area contributed by atoms with E-state index in [9.17, 15) is 0 Å². The molecular weight excluding hydrogens is 759 g/mol. The first-order chi connectivity index (χ1) is 30.7. The van der Waals surface area contributed by atoms with E-state index in [1.54, 1.807) is 0 Å². The number of aliphatic imine (C=N–C) groups is 2. The molecule has 1 unspecified atom stereocenters. The van der Waals surface area contributed by atoms with Crippen LogP contribution in [0, 0.1) is 0 Å². The Bertz CT molecular complexity index is 3800. The van der Waals surface area contributed by atoms with Crippen molar-refractivity contribution in [1.29, 1.82) is 0 Å². The molecular formula is C57H35N3O2. The third-order valence-corrected chi connectivity index (χ3v) is 12.5. The van der Waals surface area contributed by atoms with Gasteiger partial charge in [-0.3, -0.25) is 0 Å². The summed E-state index contributed by atoms with van der Waals surface area (Å²) in [5.74, 6) is 1.43. The largest absolute Gasteiger partial charge is 0.456 e. The Labute approximate surface area is 355 Å². The van der Waals surface area contributed by atoms with Crippen LogP contribution in [-0.4, -0.2) is 11.7 Å². The highest BCUT2D eigenvalue weighted by Crippen LogP contribution is 2.43. The second-order valence-corrected chi connectivity index (χ2v) is 16.1. The van der Waals surface area contributed by atoms with Gasteiger partial charge < -0.3 is 14.2 Å². The maximum atomic E-state index is 6.60. The van der Waals surface area contributed by atoms with E-state index < -0.39 is 6.17 Å². The van der Waals surface area contributed by atoms with Crippen LogP contribution in [0.2, 0.25) is 0 Å². The normalized spacial score (nSPS) is 14.3. The second-order valence-electron chi connectivity index (χ2n) is 16.1. The maximum Gasteiger partial charge on any atom is 0.159 e. The number of nitrogens with zero attached hydrogens (tertiary/aromatic N) is 2. The van der Waals surface area contributed by atoms with Gasteiger partial charge in [-0.05, 0) is 91.0 Å². The Hall–Kier alpha value is -8.28. The first kappa shape index (κ1) is 34.6. The van der Waals surface area contributed by atoms with Crippen molar-refractivity contribution in [3.05, 3.63) is 217 Å². The van der Waals surface area contributed by atoms with Crippen molar-refractivity contribution in [2.45, 2.75) is 6.17 Å². The molecule has 5 heteroatoms. The molecule has 62 heavy (non-hydrogen) atoms. The second kappa shape index (κ2) is 13.6. The van der Waals surface area contributed by atoms with Crippen LogP contribution in [0.1, 0.15) is 22.9 Å². The van der Waals surface area contributed by atoms with E-state index in [4.69, 9.17) is 18.8 Å². The summed E-state index contributed by atoms with van der Waals surface area (Å²) in [6.07, 6.45) is -0.448.